The lowest BCUT2D eigenvalue weighted by Gasteiger charge is -2.41. The second-order valence-corrected chi connectivity index (χ2v) is 7.32. The second kappa shape index (κ2) is 8.03. The number of benzene rings is 2. The lowest BCUT2D eigenvalue weighted by Crippen LogP contribution is -2.47. The Labute approximate surface area is 161 Å². The van der Waals surface area contributed by atoms with Crippen molar-refractivity contribution in [2.45, 2.75) is 64.7 Å². The minimum absolute atomic E-state index is 0.0785. The first kappa shape index (κ1) is 19.3. The van der Waals surface area contributed by atoms with Crippen molar-refractivity contribution in [2.75, 3.05) is 0 Å². The van der Waals surface area contributed by atoms with Crippen molar-refractivity contribution < 1.29 is 14.3 Å². The van der Waals surface area contributed by atoms with Crippen LogP contribution in [0.2, 0.25) is 0 Å². The first-order chi connectivity index (χ1) is 13.0. The number of nitrogens with one attached hydrogen (secondary N) is 1. The summed E-state index contributed by atoms with van der Waals surface area (Å²) in [5.74, 6) is 1.50. The molecule has 0 radical (unpaired) electrons. The summed E-state index contributed by atoms with van der Waals surface area (Å²) in [6, 6.07) is 15.6. The molecule has 0 saturated carbocycles. The van der Waals surface area contributed by atoms with E-state index in [9.17, 15) is 4.79 Å². The van der Waals surface area contributed by atoms with Crippen LogP contribution in [0.15, 0.2) is 48.5 Å². The van der Waals surface area contributed by atoms with E-state index in [1.165, 1.54) is 0 Å². The third-order valence-corrected chi connectivity index (χ3v) is 5.57. The Hall–Kier alpha value is -2.49. The molecule has 2 atom stereocenters. The lowest BCUT2D eigenvalue weighted by molar-refractivity contribution is -0.128. The zero-order valence-corrected chi connectivity index (χ0v) is 16.6. The van der Waals surface area contributed by atoms with Gasteiger partial charge in [0.25, 0.3) is 5.91 Å². The number of amides is 1. The molecular formula is C23H29NO3. The van der Waals surface area contributed by atoms with Crippen LogP contribution >= 0.6 is 0 Å². The van der Waals surface area contributed by atoms with Gasteiger partial charge in [0.05, 0.1) is 6.04 Å². The number of ether oxygens (including phenoxy) is 2. The standard InChI is InChI=1S/C23H29NO3/c1-5-23(6-2)15-19(18-12-8-10-14-21(18)27-23)24-22(25)17(4)26-20-13-9-7-11-16(20)3/h7-14,17,19H,5-6,15H2,1-4H3,(H,24,25)/t17-,19+/m0/s1. The number of rotatable bonds is 6. The molecule has 1 amide bonds. The van der Waals surface area contributed by atoms with Crippen LogP contribution in [0, 0.1) is 6.92 Å². The van der Waals surface area contributed by atoms with E-state index < -0.39 is 6.10 Å². The quantitative estimate of drug-likeness (QED) is 0.785. The zero-order valence-electron chi connectivity index (χ0n) is 16.6. The summed E-state index contributed by atoms with van der Waals surface area (Å²) in [7, 11) is 0. The Bertz CT molecular complexity index is 798. The van der Waals surface area contributed by atoms with Crippen molar-refractivity contribution in [3.05, 3.63) is 59.7 Å². The average Bonchev–Trinajstić information content (AvgIpc) is 2.69. The Balaban J connectivity index is 1.77. The van der Waals surface area contributed by atoms with Gasteiger partial charge in [0.2, 0.25) is 0 Å². The highest BCUT2D eigenvalue weighted by Gasteiger charge is 2.39. The number of fused-ring (bicyclic) bond motifs is 1. The molecule has 1 aliphatic heterocycles. The Morgan fingerprint density at radius 2 is 1.85 bits per heavy atom. The van der Waals surface area contributed by atoms with Crippen LogP contribution in [0.3, 0.4) is 0 Å². The number of para-hydroxylation sites is 2. The molecule has 2 aromatic rings. The van der Waals surface area contributed by atoms with Crippen LogP contribution in [0.25, 0.3) is 0 Å². The minimum Gasteiger partial charge on any atom is -0.487 e. The largest absolute Gasteiger partial charge is 0.487 e. The van der Waals surface area contributed by atoms with Crippen LogP contribution in [0.4, 0.5) is 0 Å². The molecule has 1 aliphatic rings. The van der Waals surface area contributed by atoms with Crippen LogP contribution in [-0.4, -0.2) is 17.6 Å². The van der Waals surface area contributed by atoms with Gasteiger partial charge in [-0.3, -0.25) is 4.79 Å². The van der Waals surface area contributed by atoms with Gasteiger partial charge in [-0.05, 0) is 44.4 Å². The van der Waals surface area contributed by atoms with Gasteiger partial charge in [0.1, 0.15) is 17.1 Å². The van der Waals surface area contributed by atoms with Crippen molar-refractivity contribution in [1.82, 2.24) is 5.32 Å². The molecule has 0 aliphatic carbocycles. The Morgan fingerprint density at radius 3 is 2.56 bits per heavy atom. The first-order valence-electron chi connectivity index (χ1n) is 9.78. The molecular weight excluding hydrogens is 338 g/mol. The summed E-state index contributed by atoms with van der Waals surface area (Å²) >= 11 is 0. The monoisotopic (exact) mass is 367 g/mol. The van der Waals surface area contributed by atoms with Crippen molar-refractivity contribution in [1.29, 1.82) is 0 Å². The van der Waals surface area contributed by atoms with Gasteiger partial charge < -0.3 is 14.8 Å². The van der Waals surface area contributed by atoms with Gasteiger partial charge in [0, 0.05) is 12.0 Å². The molecule has 0 bridgehead atoms. The summed E-state index contributed by atoms with van der Waals surface area (Å²) in [5, 5.41) is 3.19. The van der Waals surface area contributed by atoms with Crippen molar-refractivity contribution >= 4 is 5.91 Å². The second-order valence-electron chi connectivity index (χ2n) is 7.32. The highest BCUT2D eigenvalue weighted by molar-refractivity contribution is 5.81. The van der Waals surface area contributed by atoms with Gasteiger partial charge in [-0.2, -0.15) is 0 Å². The number of hydrogen-bond acceptors (Lipinski definition) is 3. The van der Waals surface area contributed by atoms with Gasteiger partial charge in [-0.25, -0.2) is 0 Å². The average molecular weight is 367 g/mol. The van der Waals surface area contributed by atoms with Crippen molar-refractivity contribution in [2.24, 2.45) is 0 Å². The van der Waals surface area contributed by atoms with E-state index in [0.29, 0.717) is 0 Å². The summed E-state index contributed by atoms with van der Waals surface area (Å²) in [6.07, 6.45) is 2.00. The Kier molecular flexibility index (Phi) is 5.73. The van der Waals surface area contributed by atoms with E-state index >= 15 is 0 Å². The molecule has 0 fully saturated rings. The normalized spacial score (nSPS) is 18.7. The number of carbonyl (C=O) groups is 1. The van der Waals surface area contributed by atoms with E-state index in [0.717, 1.165) is 41.9 Å². The summed E-state index contributed by atoms with van der Waals surface area (Å²) in [6.45, 7) is 8.05. The van der Waals surface area contributed by atoms with E-state index in [-0.39, 0.29) is 17.6 Å². The van der Waals surface area contributed by atoms with Gasteiger partial charge in [-0.15, -0.1) is 0 Å². The third kappa shape index (κ3) is 4.10. The number of hydrogen-bond donors (Lipinski definition) is 1. The molecule has 0 aromatic heterocycles. The van der Waals surface area contributed by atoms with Crippen LogP contribution in [0.1, 0.15) is 57.2 Å². The van der Waals surface area contributed by atoms with Crippen LogP contribution in [-0.2, 0) is 4.79 Å². The molecule has 0 unspecified atom stereocenters. The molecule has 0 spiro atoms. The van der Waals surface area contributed by atoms with Crippen molar-refractivity contribution in [3.8, 4) is 11.5 Å². The van der Waals surface area contributed by atoms with E-state index in [1.807, 2.05) is 55.5 Å². The maximum Gasteiger partial charge on any atom is 0.261 e. The molecule has 1 N–H and O–H groups in total. The predicted octanol–water partition coefficient (Wildman–Crippen LogP) is 4.96. The molecule has 1 heterocycles. The summed E-state index contributed by atoms with van der Waals surface area (Å²) in [4.78, 5) is 12.8. The van der Waals surface area contributed by atoms with Crippen LogP contribution in [0.5, 0.6) is 11.5 Å². The molecule has 2 aromatic carbocycles. The SMILES string of the molecule is CCC1(CC)C[C@@H](NC(=O)[C@H](C)Oc2ccccc2C)c2ccccc2O1. The third-order valence-electron chi connectivity index (χ3n) is 5.57. The van der Waals surface area contributed by atoms with Gasteiger partial charge in [-0.1, -0.05) is 50.2 Å². The fraction of sp³-hybridized carbons (Fsp3) is 0.435. The Morgan fingerprint density at radius 1 is 1.19 bits per heavy atom. The highest BCUT2D eigenvalue weighted by Crippen LogP contribution is 2.42. The molecule has 4 nitrogen and oxygen atoms in total. The fourth-order valence-electron chi connectivity index (χ4n) is 3.65. The zero-order chi connectivity index (χ0) is 19.4. The fourth-order valence-corrected chi connectivity index (χ4v) is 3.65. The smallest absolute Gasteiger partial charge is 0.261 e. The van der Waals surface area contributed by atoms with Crippen molar-refractivity contribution in [3.63, 3.8) is 0 Å². The van der Waals surface area contributed by atoms with Gasteiger partial charge >= 0.3 is 0 Å². The van der Waals surface area contributed by atoms with E-state index in [4.69, 9.17) is 9.47 Å². The number of carbonyl (C=O) groups excluding carboxylic acids is 1. The maximum atomic E-state index is 12.8. The molecule has 0 saturated heterocycles. The lowest BCUT2D eigenvalue weighted by atomic mass is 9.83. The molecule has 4 heteroatoms. The topological polar surface area (TPSA) is 47.6 Å². The van der Waals surface area contributed by atoms with E-state index in [1.54, 1.807) is 6.92 Å². The van der Waals surface area contributed by atoms with Gasteiger partial charge in [0.15, 0.2) is 6.10 Å². The summed E-state index contributed by atoms with van der Waals surface area (Å²) < 4.78 is 12.2. The van der Waals surface area contributed by atoms with E-state index in [2.05, 4.69) is 19.2 Å². The molecule has 27 heavy (non-hydrogen) atoms. The molecule has 144 valence electrons. The predicted molar refractivity (Wildman–Crippen MR) is 107 cm³/mol. The van der Waals surface area contributed by atoms with Crippen LogP contribution < -0.4 is 14.8 Å². The number of aryl methyl sites for hydroxylation is 1. The minimum atomic E-state index is -0.571. The summed E-state index contributed by atoms with van der Waals surface area (Å²) in [5.41, 5.74) is 1.81. The molecule has 3 rings (SSSR count). The highest BCUT2D eigenvalue weighted by atomic mass is 16.5. The first-order valence-corrected chi connectivity index (χ1v) is 9.78. The maximum absolute atomic E-state index is 12.8.